The standard InChI is InChI=1S/C14H14O.2CH3.Sn/c1-3-7-13(8-4-1)11-15-12-14-9-5-2-6-10-14;;;/h1-10H,11-12H2;2*1H3;. The first kappa shape index (κ1) is 15.3. The second-order valence-corrected chi connectivity index (χ2v) is 6.82. The monoisotopic (exact) mass is 348 g/mol. The SMILES string of the molecule is [CH3][Sn][CH3].c1ccc(COCc2ccccc2)cc1. The molecule has 0 heterocycles. The van der Waals surface area contributed by atoms with E-state index in [1.165, 1.54) is 11.1 Å². The summed E-state index contributed by atoms with van der Waals surface area (Å²) in [5.41, 5.74) is 2.43. The average Bonchev–Trinajstić information content (AvgIpc) is 2.42. The van der Waals surface area contributed by atoms with Gasteiger partial charge in [-0.15, -0.1) is 0 Å². The third kappa shape index (κ3) is 6.82. The molecule has 2 aromatic rings. The fraction of sp³-hybridized carbons (Fsp3) is 0.250. The summed E-state index contributed by atoms with van der Waals surface area (Å²) in [5.74, 6) is 0. The fourth-order valence-corrected chi connectivity index (χ4v) is 1.44. The molecule has 2 radical (unpaired) electrons. The van der Waals surface area contributed by atoms with Crippen molar-refractivity contribution in [2.24, 2.45) is 0 Å². The maximum absolute atomic E-state index is 5.61. The van der Waals surface area contributed by atoms with Gasteiger partial charge in [0.1, 0.15) is 0 Å². The van der Waals surface area contributed by atoms with Crippen LogP contribution in [0, 0.1) is 0 Å². The van der Waals surface area contributed by atoms with Crippen LogP contribution in [0.15, 0.2) is 60.7 Å². The van der Waals surface area contributed by atoms with Gasteiger partial charge in [-0.25, -0.2) is 0 Å². The Kier molecular flexibility index (Phi) is 8.60. The molecule has 94 valence electrons. The Morgan fingerprint density at radius 2 is 1.06 bits per heavy atom. The van der Waals surface area contributed by atoms with E-state index in [1.807, 2.05) is 36.4 Å². The van der Waals surface area contributed by atoms with E-state index in [4.69, 9.17) is 4.74 Å². The Labute approximate surface area is 120 Å². The van der Waals surface area contributed by atoms with Crippen molar-refractivity contribution in [3.63, 3.8) is 0 Å². The Hall–Kier alpha value is -0.801. The zero-order valence-electron chi connectivity index (χ0n) is 11.1. The van der Waals surface area contributed by atoms with E-state index in [0.29, 0.717) is 13.2 Å². The molecule has 0 bridgehead atoms. The molecular weight excluding hydrogens is 327 g/mol. The van der Waals surface area contributed by atoms with Gasteiger partial charge in [0, 0.05) is 0 Å². The van der Waals surface area contributed by atoms with Gasteiger partial charge in [0.05, 0.1) is 13.2 Å². The quantitative estimate of drug-likeness (QED) is 0.754. The molecule has 0 amide bonds. The van der Waals surface area contributed by atoms with E-state index >= 15 is 0 Å². The van der Waals surface area contributed by atoms with Gasteiger partial charge in [-0.1, -0.05) is 60.7 Å². The van der Waals surface area contributed by atoms with Crippen LogP contribution in [0.4, 0.5) is 0 Å². The first-order chi connectivity index (χ1) is 8.86. The van der Waals surface area contributed by atoms with Gasteiger partial charge in [-0.2, -0.15) is 0 Å². The maximum atomic E-state index is 5.61. The van der Waals surface area contributed by atoms with Gasteiger partial charge in [0.2, 0.25) is 0 Å². The van der Waals surface area contributed by atoms with Crippen molar-refractivity contribution < 1.29 is 4.74 Å². The molecule has 2 rings (SSSR count). The molecule has 1 nitrogen and oxygen atoms in total. The molecule has 0 saturated heterocycles. The first-order valence-electron chi connectivity index (χ1n) is 6.11. The summed E-state index contributed by atoms with van der Waals surface area (Å²) in [5, 5.41) is 0. The molecule has 0 atom stereocenters. The van der Waals surface area contributed by atoms with Gasteiger partial charge in [-0.05, 0) is 11.1 Å². The average molecular weight is 347 g/mol. The largest absolute Gasteiger partial charge is 0.372 e. The molecule has 0 aliphatic rings. The third-order valence-electron chi connectivity index (χ3n) is 2.22. The summed E-state index contributed by atoms with van der Waals surface area (Å²) >= 11 is 0.230. The molecule has 0 aromatic heterocycles. The van der Waals surface area contributed by atoms with Crippen molar-refractivity contribution in [2.75, 3.05) is 0 Å². The van der Waals surface area contributed by atoms with E-state index in [1.54, 1.807) is 0 Å². The van der Waals surface area contributed by atoms with Crippen molar-refractivity contribution in [1.29, 1.82) is 0 Å². The number of hydrogen-bond donors (Lipinski definition) is 0. The Morgan fingerprint density at radius 3 is 1.39 bits per heavy atom. The molecule has 0 N–H and O–H groups in total. The van der Waals surface area contributed by atoms with Crippen LogP contribution in [0.5, 0.6) is 0 Å². The van der Waals surface area contributed by atoms with Gasteiger partial charge in [-0.3, -0.25) is 0 Å². The number of rotatable bonds is 4. The third-order valence-corrected chi connectivity index (χ3v) is 2.22. The van der Waals surface area contributed by atoms with E-state index in [2.05, 4.69) is 34.1 Å². The van der Waals surface area contributed by atoms with Crippen LogP contribution < -0.4 is 0 Å². The first-order valence-corrected chi connectivity index (χ1v) is 11.8. The zero-order chi connectivity index (χ0) is 13.1. The molecule has 0 saturated carbocycles. The second-order valence-electron chi connectivity index (χ2n) is 3.96. The minimum atomic E-state index is 0.230. The minimum absolute atomic E-state index is 0.230. The minimum Gasteiger partial charge on any atom is -0.372 e. The van der Waals surface area contributed by atoms with Crippen LogP contribution in [0.25, 0.3) is 0 Å². The molecular formula is C16H20OSn. The molecule has 0 spiro atoms. The molecule has 0 aliphatic heterocycles. The summed E-state index contributed by atoms with van der Waals surface area (Å²) in [6.45, 7) is 1.35. The normalized spacial score (nSPS) is 9.44. The Balaban J connectivity index is 0.000000492. The molecule has 2 heteroatoms. The maximum Gasteiger partial charge on any atom is 0.0721 e. The molecule has 0 unspecified atom stereocenters. The van der Waals surface area contributed by atoms with Crippen molar-refractivity contribution in [2.45, 2.75) is 23.1 Å². The van der Waals surface area contributed by atoms with E-state index in [9.17, 15) is 0 Å². The Bertz CT molecular complexity index is 360. The topological polar surface area (TPSA) is 9.23 Å². The molecule has 18 heavy (non-hydrogen) atoms. The fourth-order valence-electron chi connectivity index (χ4n) is 1.44. The van der Waals surface area contributed by atoms with Crippen molar-refractivity contribution in [3.05, 3.63) is 71.8 Å². The van der Waals surface area contributed by atoms with E-state index in [0.717, 1.165) is 0 Å². The van der Waals surface area contributed by atoms with Crippen LogP contribution in [-0.2, 0) is 18.0 Å². The number of ether oxygens (including phenoxy) is 1. The van der Waals surface area contributed by atoms with Crippen molar-refractivity contribution in [1.82, 2.24) is 0 Å². The summed E-state index contributed by atoms with van der Waals surface area (Å²) < 4.78 is 5.61. The van der Waals surface area contributed by atoms with Crippen LogP contribution in [-0.4, -0.2) is 21.1 Å². The summed E-state index contributed by atoms with van der Waals surface area (Å²) in [4.78, 5) is 4.59. The Morgan fingerprint density at radius 1 is 0.722 bits per heavy atom. The zero-order valence-corrected chi connectivity index (χ0v) is 14.0. The smallest absolute Gasteiger partial charge is 0.0721 e. The van der Waals surface area contributed by atoms with Crippen LogP contribution in [0.3, 0.4) is 0 Å². The number of benzene rings is 2. The second kappa shape index (κ2) is 10.2. The molecule has 2 aromatic carbocycles. The van der Waals surface area contributed by atoms with Crippen molar-refractivity contribution >= 4 is 21.1 Å². The van der Waals surface area contributed by atoms with Gasteiger partial charge >= 0.3 is 31.0 Å². The summed E-state index contributed by atoms with van der Waals surface area (Å²) in [6, 6.07) is 20.4. The molecule has 0 fully saturated rings. The number of hydrogen-bond acceptors (Lipinski definition) is 1. The van der Waals surface area contributed by atoms with Crippen molar-refractivity contribution in [3.8, 4) is 0 Å². The van der Waals surface area contributed by atoms with Gasteiger partial charge < -0.3 is 4.74 Å². The predicted octanol–water partition coefficient (Wildman–Crippen LogP) is 4.19. The van der Waals surface area contributed by atoms with E-state index < -0.39 is 0 Å². The summed E-state index contributed by atoms with van der Waals surface area (Å²) in [7, 11) is 0. The van der Waals surface area contributed by atoms with Gasteiger partial charge in [0.25, 0.3) is 0 Å². The predicted molar refractivity (Wildman–Crippen MR) is 78.9 cm³/mol. The van der Waals surface area contributed by atoms with Gasteiger partial charge in [0.15, 0.2) is 0 Å². The van der Waals surface area contributed by atoms with Crippen LogP contribution in [0.1, 0.15) is 11.1 Å². The summed E-state index contributed by atoms with van der Waals surface area (Å²) in [6.07, 6.45) is 0. The van der Waals surface area contributed by atoms with Crippen LogP contribution >= 0.6 is 0 Å². The van der Waals surface area contributed by atoms with Crippen LogP contribution in [0.2, 0.25) is 9.88 Å². The van der Waals surface area contributed by atoms with E-state index in [-0.39, 0.29) is 21.1 Å². The molecule has 0 aliphatic carbocycles.